The van der Waals surface area contributed by atoms with Crippen LogP contribution in [0.4, 0.5) is 0 Å². The largest absolute Gasteiger partial charge is 0.394 e. The molecule has 0 atom stereocenters. The summed E-state index contributed by atoms with van der Waals surface area (Å²) in [6, 6.07) is 0. The van der Waals surface area contributed by atoms with Gasteiger partial charge in [-0.25, -0.2) is 0 Å². The van der Waals surface area contributed by atoms with Crippen LogP contribution in [0.3, 0.4) is 0 Å². The molecule has 4 heteroatoms. The lowest BCUT2D eigenvalue weighted by Crippen LogP contribution is -2.07. The van der Waals surface area contributed by atoms with Crippen LogP contribution in [-0.4, -0.2) is 50.9 Å². The van der Waals surface area contributed by atoms with Gasteiger partial charge in [-0.2, -0.15) is 0 Å². The normalized spacial score (nSPS) is 10.4. The van der Waals surface area contributed by atoms with E-state index in [4.69, 9.17) is 19.3 Å². The van der Waals surface area contributed by atoms with Gasteiger partial charge in [0.1, 0.15) is 0 Å². The van der Waals surface area contributed by atoms with Gasteiger partial charge in [-0.1, -0.05) is 0 Å². The highest BCUT2D eigenvalue weighted by molar-refractivity contribution is 4.35. The second-order valence-corrected chi connectivity index (χ2v) is 3.56. The van der Waals surface area contributed by atoms with E-state index in [0.29, 0.717) is 25.9 Å². The zero-order valence-electron chi connectivity index (χ0n) is 10.7. The molecule has 0 bridgehead atoms. The van der Waals surface area contributed by atoms with Crippen LogP contribution in [-0.2, 0) is 14.2 Å². The van der Waals surface area contributed by atoms with Crippen molar-refractivity contribution in [1.29, 1.82) is 0 Å². The van der Waals surface area contributed by atoms with Crippen molar-refractivity contribution in [3.63, 3.8) is 0 Å². The number of aliphatic hydroxyl groups is 1. The molecule has 0 unspecified atom stereocenters. The fraction of sp³-hybridized carbons (Fsp3) is 1.00. The molecule has 0 aliphatic rings. The van der Waals surface area contributed by atoms with E-state index in [0.717, 1.165) is 0 Å². The predicted molar refractivity (Wildman–Crippen MR) is 61.1 cm³/mol. The van der Waals surface area contributed by atoms with Crippen molar-refractivity contribution >= 4 is 0 Å². The molecule has 0 fully saturated rings. The molecule has 0 rings (SSSR count). The van der Waals surface area contributed by atoms with Crippen LogP contribution >= 0.6 is 0 Å². The minimum atomic E-state index is 0.123. The third-order valence-electron chi connectivity index (χ3n) is 1.28. The molecule has 0 aliphatic heterocycles. The lowest BCUT2D eigenvalue weighted by Gasteiger charge is -2.04. The van der Waals surface area contributed by atoms with Crippen LogP contribution in [0.15, 0.2) is 0 Å². The minimum Gasteiger partial charge on any atom is -0.394 e. The van der Waals surface area contributed by atoms with Crippen LogP contribution in [0.5, 0.6) is 0 Å². The smallest absolute Gasteiger partial charge is 0.0703 e. The fourth-order valence-electron chi connectivity index (χ4n) is 0.656. The van der Waals surface area contributed by atoms with E-state index in [1.165, 1.54) is 0 Å². The van der Waals surface area contributed by atoms with E-state index in [1.807, 2.05) is 27.7 Å². The molecule has 0 saturated carbocycles. The second-order valence-electron chi connectivity index (χ2n) is 3.56. The molecule has 0 aliphatic carbocycles. The third kappa shape index (κ3) is 24.8. The average Bonchev–Trinajstić information content (AvgIpc) is 2.15. The first-order chi connectivity index (χ1) is 7.04. The first kappa shape index (κ1) is 17.2. The summed E-state index contributed by atoms with van der Waals surface area (Å²) < 4.78 is 14.9. The Kier molecular flexibility index (Phi) is 15.9. The number of methoxy groups -OCH3 is 1. The Bertz CT molecular complexity index is 105. The summed E-state index contributed by atoms with van der Waals surface area (Å²) in [6.45, 7) is 9.87. The van der Waals surface area contributed by atoms with E-state index >= 15 is 0 Å². The first-order valence-corrected chi connectivity index (χ1v) is 5.37. The van der Waals surface area contributed by atoms with E-state index < -0.39 is 0 Å². The van der Waals surface area contributed by atoms with Gasteiger partial charge < -0.3 is 19.3 Å². The Morgan fingerprint density at radius 1 is 0.867 bits per heavy atom. The number of ether oxygens (including phenoxy) is 3. The molecule has 15 heavy (non-hydrogen) atoms. The van der Waals surface area contributed by atoms with E-state index in [-0.39, 0.29) is 12.7 Å². The zero-order chi connectivity index (χ0) is 12.1. The molecule has 94 valence electrons. The van der Waals surface area contributed by atoms with E-state index in [1.54, 1.807) is 7.11 Å². The van der Waals surface area contributed by atoms with E-state index in [9.17, 15) is 0 Å². The van der Waals surface area contributed by atoms with Crippen molar-refractivity contribution in [3.05, 3.63) is 0 Å². The van der Waals surface area contributed by atoms with Crippen molar-refractivity contribution in [3.8, 4) is 0 Å². The Hall–Kier alpha value is -0.160. The van der Waals surface area contributed by atoms with Crippen molar-refractivity contribution in [2.24, 2.45) is 0 Å². The number of hydrogen-bond donors (Lipinski definition) is 1. The Morgan fingerprint density at radius 2 is 1.33 bits per heavy atom. The number of aliphatic hydroxyl groups excluding tert-OH is 1. The van der Waals surface area contributed by atoms with Crippen molar-refractivity contribution in [2.75, 3.05) is 33.5 Å². The maximum Gasteiger partial charge on any atom is 0.0703 e. The van der Waals surface area contributed by atoms with Gasteiger partial charge in [-0.15, -0.1) is 0 Å². The van der Waals surface area contributed by atoms with Gasteiger partial charge in [0.15, 0.2) is 0 Å². The van der Waals surface area contributed by atoms with Crippen LogP contribution in [0, 0.1) is 0 Å². The molecule has 0 radical (unpaired) electrons. The summed E-state index contributed by atoms with van der Waals surface area (Å²) >= 11 is 0. The second kappa shape index (κ2) is 13.8. The van der Waals surface area contributed by atoms with Crippen molar-refractivity contribution in [2.45, 2.75) is 39.9 Å². The highest BCUT2D eigenvalue weighted by Crippen LogP contribution is 1.85. The summed E-state index contributed by atoms with van der Waals surface area (Å²) in [5.74, 6) is 0. The lowest BCUT2D eigenvalue weighted by atomic mass is 10.5. The molecule has 1 N–H and O–H groups in total. The molecule has 0 aromatic rings. The topological polar surface area (TPSA) is 47.9 Å². The summed E-state index contributed by atoms with van der Waals surface area (Å²) in [5.41, 5.74) is 0. The molecule has 0 spiro atoms. The first-order valence-electron chi connectivity index (χ1n) is 5.37. The Balaban J connectivity index is 0. The van der Waals surface area contributed by atoms with Gasteiger partial charge in [0.05, 0.1) is 38.6 Å². The molecular formula is C11H26O4. The summed E-state index contributed by atoms with van der Waals surface area (Å²) in [5, 5.41) is 8.19. The predicted octanol–water partition coefficient (Wildman–Crippen LogP) is 1.46. The third-order valence-corrected chi connectivity index (χ3v) is 1.28. The maximum atomic E-state index is 8.19. The molecule has 0 heterocycles. The summed E-state index contributed by atoms with van der Waals surface area (Å²) in [7, 11) is 1.67. The molecule has 4 nitrogen and oxygen atoms in total. The standard InChI is InChI=1S/C6H14O2.C5H12O2/c1-6(2)8-5-4-7-3;1-5(2)7-4-3-6/h6H,4-5H2,1-3H3;5-6H,3-4H2,1-2H3. The lowest BCUT2D eigenvalue weighted by molar-refractivity contribution is 0.0351. The van der Waals surface area contributed by atoms with Crippen LogP contribution < -0.4 is 0 Å². The zero-order valence-corrected chi connectivity index (χ0v) is 10.7. The average molecular weight is 222 g/mol. The van der Waals surface area contributed by atoms with Crippen LogP contribution in [0.2, 0.25) is 0 Å². The van der Waals surface area contributed by atoms with Gasteiger partial charge >= 0.3 is 0 Å². The molecule has 0 saturated heterocycles. The van der Waals surface area contributed by atoms with Crippen LogP contribution in [0.25, 0.3) is 0 Å². The molecular weight excluding hydrogens is 196 g/mol. The van der Waals surface area contributed by atoms with Gasteiger partial charge in [-0.05, 0) is 27.7 Å². The monoisotopic (exact) mass is 222 g/mol. The highest BCUT2D eigenvalue weighted by Gasteiger charge is 1.89. The molecule has 0 aromatic carbocycles. The SMILES string of the molecule is CC(C)OCCO.COCCOC(C)C. The van der Waals surface area contributed by atoms with Crippen LogP contribution in [0.1, 0.15) is 27.7 Å². The minimum absolute atomic E-state index is 0.123. The summed E-state index contributed by atoms with van der Waals surface area (Å²) in [6.07, 6.45) is 0.567. The van der Waals surface area contributed by atoms with Gasteiger partial charge in [-0.3, -0.25) is 0 Å². The van der Waals surface area contributed by atoms with Gasteiger partial charge in [0, 0.05) is 7.11 Å². The number of rotatable bonds is 7. The van der Waals surface area contributed by atoms with Gasteiger partial charge in [0.25, 0.3) is 0 Å². The van der Waals surface area contributed by atoms with Gasteiger partial charge in [0.2, 0.25) is 0 Å². The Labute approximate surface area is 93.5 Å². The highest BCUT2D eigenvalue weighted by atomic mass is 16.5. The van der Waals surface area contributed by atoms with Crippen molar-refractivity contribution < 1.29 is 19.3 Å². The van der Waals surface area contributed by atoms with E-state index in [2.05, 4.69) is 0 Å². The quantitative estimate of drug-likeness (QED) is 0.663. The maximum absolute atomic E-state index is 8.19. The molecule has 0 aromatic heterocycles. The fourth-order valence-corrected chi connectivity index (χ4v) is 0.656. The summed E-state index contributed by atoms with van der Waals surface area (Å²) in [4.78, 5) is 0. The van der Waals surface area contributed by atoms with Crippen molar-refractivity contribution in [1.82, 2.24) is 0 Å². The Morgan fingerprint density at radius 3 is 1.60 bits per heavy atom. The number of hydrogen-bond acceptors (Lipinski definition) is 4. The molecule has 0 amide bonds.